The average molecular weight is 348 g/mol. The van der Waals surface area contributed by atoms with Crippen molar-refractivity contribution in [3.63, 3.8) is 0 Å². The summed E-state index contributed by atoms with van der Waals surface area (Å²) in [6.45, 7) is 9.28. The van der Waals surface area contributed by atoms with E-state index in [-0.39, 0.29) is 17.1 Å². The fraction of sp³-hybridized carbons (Fsp3) is 0.385. The fourth-order valence-corrected chi connectivity index (χ4v) is 2.38. The summed E-state index contributed by atoms with van der Waals surface area (Å²) in [5.74, 6) is -1.41. The van der Waals surface area contributed by atoms with E-state index in [0.717, 1.165) is 6.33 Å². The van der Waals surface area contributed by atoms with E-state index in [4.69, 9.17) is 0 Å². The van der Waals surface area contributed by atoms with E-state index in [1.54, 1.807) is 0 Å². The molecule has 22 heavy (non-hydrogen) atoms. The summed E-state index contributed by atoms with van der Waals surface area (Å²) in [4.78, 5) is 4.41. The number of aromatic nitrogens is 2. The summed E-state index contributed by atoms with van der Waals surface area (Å²) < 4.78 is 76.9. The quantitative estimate of drug-likeness (QED) is 0.530. The minimum atomic E-state index is -10.00. The molecule has 0 aliphatic heterocycles. The Bertz CT molecular complexity index is 655. The highest BCUT2D eigenvalue weighted by Gasteiger charge is 2.66. The molecule has 0 aliphatic carbocycles. The number of rotatable bonds is 1. The van der Waals surface area contributed by atoms with Crippen LogP contribution in [0.5, 0.6) is 0 Å². The summed E-state index contributed by atoms with van der Waals surface area (Å²) in [6, 6.07) is 0.452. The second-order valence-electron chi connectivity index (χ2n) is 3.73. The van der Waals surface area contributed by atoms with Crippen molar-refractivity contribution in [2.75, 3.05) is 0 Å². The molecule has 0 amide bonds. The molecule has 0 spiro atoms. The molecule has 0 atom stereocenters. The number of halogens is 6. The number of nitrogens with zero attached hydrogens (tertiary/aromatic N) is 2. The van der Waals surface area contributed by atoms with E-state index in [9.17, 15) is 23.8 Å². The predicted molar refractivity (Wildman–Crippen MR) is 78.3 cm³/mol. The van der Waals surface area contributed by atoms with Gasteiger partial charge in [0.15, 0.2) is 0 Å². The van der Waals surface area contributed by atoms with Gasteiger partial charge in [0.25, 0.3) is 0 Å². The van der Waals surface area contributed by atoms with E-state index in [2.05, 4.69) is 9.97 Å². The third-order valence-corrected chi connectivity index (χ3v) is 3.43. The van der Waals surface area contributed by atoms with Crippen LogP contribution in [0.1, 0.15) is 33.4 Å². The maximum atomic E-state index is 13.1. The smallest absolute Gasteiger partial charge is 0.241 e. The second-order valence-corrected chi connectivity index (χ2v) is 6.11. The highest BCUT2D eigenvalue weighted by molar-refractivity contribution is 8.46. The summed E-state index contributed by atoms with van der Waals surface area (Å²) >= 11 is 0. The molecule has 1 heterocycles. The van der Waals surface area contributed by atoms with Gasteiger partial charge < -0.3 is 0 Å². The Balaban J connectivity index is 0.00000102. The zero-order valence-electron chi connectivity index (χ0n) is 12.8. The Labute approximate surface area is 125 Å². The maximum absolute atomic E-state index is 13.1. The Hall–Kier alpha value is -1.51. The lowest BCUT2D eigenvalue weighted by Gasteiger charge is -2.40. The Kier molecular flexibility index (Phi) is 5.53. The number of aryl methyl sites for hydroxylation is 1. The van der Waals surface area contributed by atoms with Crippen LogP contribution in [0.25, 0.3) is 10.9 Å². The van der Waals surface area contributed by atoms with Crippen LogP contribution in [0.4, 0.5) is 23.8 Å². The van der Waals surface area contributed by atoms with Gasteiger partial charge in [0.05, 0.1) is 5.52 Å². The Morgan fingerprint density at radius 1 is 0.864 bits per heavy atom. The summed E-state index contributed by atoms with van der Waals surface area (Å²) in [5.41, 5.74) is -1.01. The van der Waals surface area contributed by atoms with Gasteiger partial charge in [-0.1, -0.05) is 47.1 Å². The van der Waals surface area contributed by atoms with Gasteiger partial charge in [0.2, 0.25) is 0 Å². The SMILES string of the molecule is CC.CC.Cc1ncnc2c(S(F)(F)(F)(F)F)cc(F)cc12. The van der Waals surface area contributed by atoms with Crippen molar-refractivity contribution in [2.45, 2.75) is 39.5 Å². The highest BCUT2D eigenvalue weighted by Crippen LogP contribution is 3.02. The van der Waals surface area contributed by atoms with Crippen molar-refractivity contribution < 1.29 is 23.8 Å². The molecular weight excluding hydrogens is 330 g/mol. The Morgan fingerprint density at radius 3 is 1.82 bits per heavy atom. The molecule has 0 unspecified atom stereocenters. The van der Waals surface area contributed by atoms with Gasteiger partial charge in [0, 0.05) is 11.1 Å². The minimum absolute atomic E-state index is 0.0115. The molecule has 2 nitrogen and oxygen atoms in total. The van der Waals surface area contributed by atoms with E-state index in [0.29, 0.717) is 6.07 Å². The van der Waals surface area contributed by atoms with Crippen molar-refractivity contribution in [3.05, 3.63) is 30.0 Å². The number of fused-ring (bicyclic) bond motifs is 1. The van der Waals surface area contributed by atoms with Gasteiger partial charge in [-0.05, 0) is 19.1 Å². The molecule has 0 aliphatic rings. The molecule has 0 saturated carbocycles. The molecule has 1 aromatic heterocycles. The van der Waals surface area contributed by atoms with Crippen LogP contribution in [0.15, 0.2) is 23.4 Å². The summed E-state index contributed by atoms with van der Waals surface area (Å²) in [7, 11) is -10.00. The molecule has 9 heteroatoms. The Morgan fingerprint density at radius 2 is 1.36 bits per heavy atom. The van der Waals surface area contributed by atoms with E-state index in [1.807, 2.05) is 27.7 Å². The molecule has 0 bridgehead atoms. The lowest BCUT2D eigenvalue weighted by Crippen LogP contribution is -2.08. The number of hydrogen-bond acceptors (Lipinski definition) is 2. The van der Waals surface area contributed by atoms with Crippen molar-refractivity contribution >= 4 is 21.1 Å². The lowest BCUT2D eigenvalue weighted by molar-refractivity contribution is 0.364. The van der Waals surface area contributed by atoms with E-state index >= 15 is 0 Å². The summed E-state index contributed by atoms with van der Waals surface area (Å²) in [6.07, 6.45) is 0.725. The summed E-state index contributed by atoms with van der Waals surface area (Å²) in [5, 5.41) is -0.388. The molecule has 0 fully saturated rings. The van der Waals surface area contributed by atoms with Gasteiger partial charge in [-0.25, -0.2) is 14.4 Å². The van der Waals surface area contributed by atoms with E-state index < -0.39 is 26.5 Å². The fourth-order valence-electron chi connectivity index (χ4n) is 1.52. The van der Waals surface area contributed by atoms with Crippen molar-refractivity contribution in [2.24, 2.45) is 0 Å². The first kappa shape index (κ1) is 20.5. The van der Waals surface area contributed by atoms with Crippen LogP contribution in [-0.2, 0) is 0 Å². The molecule has 0 N–H and O–H groups in total. The molecule has 0 radical (unpaired) electrons. The van der Waals surface area contributed by atoms with Crippen molar-refractivity contribution in [3.8, 4) is 0 Å². The maximum Gasteiger partial charge on any atom is 0.312 e. The van der Waals surface area contributed by atoms with Crippen molar-refractivity contribution in [1.29, 1.82) is 0 Å². The third-order valence-electron chi connectivity index (χ3n) is 2.28. The minimum Gasteiger partial charge on any atom is -0.241 e. The number of benzene rings is 1. The topological polar surface area (TPSA) is 25.8 Å². The highest BCUT2D eigenvalue weighted by atomic mass is 32.5. The number of hydrogen-bond donors (Lipinski definition) is 0. The van der Waals surface area contributed by atoms with Gasteiger partial charge in [0.1, 0.15) is 17.0 Å². The van der Waals surface area contributed by atoms with Crippen LogP contribution < -0.4 is 0 Å². The van der Waals surface area contributed by atoms with Gasteiger partial charge in [-0.3, -0.25) is 0 Å². The molecule has 2 aromatic rings. The molecule has 1 aromatic carbocycles. The van der Waals surface area contributed by atoms with Gasteiger partial charge >= 0.3 is 10.2 Å². The monoisotopic (exact) mass is 348 g/mol. The van der Waals surface area contributed by atoms with Crippen LogP contribution in [0.2, 0.25) is 0 Å². The largest absolute Gasteiger partial charge is 0.312 e. The van der Waals surface area contributed by atoms with Gasteiger partial charge in [-0.2, -0.15) is 0 Å². The first-order valence-corrected chi connectivity index (χ1v) is 8.48. The van der Waals surface area contributed by atoms with Crippen molar-refractivity contribution in [1.82, 2.24) is 9.97 Å². The normalized spacial score (nSPS) is 14.0. The second kappa shape index (κ2) is 5.94. The zero-order chi connectivity index (χ0) is 17.8. The van der Waals surface area contributed by atoms with Crippen LogP contribution in [0.3, 0.4) is 0 Å². The molecule has 128 valence electrons. The van der Waals surface area contributed by atoms with Crippen LogP contribution in [-0.4, -0.2) is 9.97 Å². The van der Waals surface area contributed by atoms with Crippen LogP contribution in [0, 0.1) is 12.7 Å². The lowest BCUT2D eigenvalue weighted by atomic mass is 10.2. The third kappa shape index (κ3) is 4.75. The predicted octanol–water partition coefficient (Wildman–Crippen LogP) is 6.79. The van der Waals surface area contributed by atoms with E-state index in [1.165, 1.54) is 6.92 Å². The van der Waals surface area contributed by atoms with Gasteiger partial charge in [-0.15, -0.1) is 0 Å². The average Bonchev–Trinajstić information content (AvgIpc) is 2.41. The molecule has 0 saturated heterocycles. The first-order valence-electron chi connectivity index (χ1n) is 6.53. The van der Waals surface area contributed by atoms with Crippen LogP contribution >= 0.6 is 10.2 Å². The molecule has 2 rings (SSSR count). The zero-order valence-corrected chi connectivity index (χ0v) is 13.6. The first-order chi connectivity index (χ1) is 9.88. The standard InChI is InChI=1S/C9H6F6N2S.2C2H6/c1-5-7-2-6(10)3-8(9(7)17-4-16-5)18(11,12,13,14)15;2*1-2/h2-4H,1H3;2*1-2H3. The molecular formula is C13H18F6N2S.